The summed E-state index contributed by atoms with van der Waals surface area (Å²) in [6.07, 6.45) is 4.31. The highest BCUT2D eigenvalue weighted by Crippen LogP contribution is 2.41. The molecule has 0 N–H and O–H groups in total. The molecule has 0 saturated carbocycles. The average Bonchev–Trinajstić information content (AvgIpc) is 3.39. The zero-order valence-corrected chi connectivity index (χ0v) is 27.6. The summed E-state index contributed by atoms with van der Waals surface area (Å²) in [7, 11) is 4.74. The first-order valence-electron chi connectivity index (χ1n) is 15.6. The number of hydrogen-bond donors (Lipinski definition) is 0. The molecule has 2 heterocycles. The van der Waals surface area contributed by atoms with E-state index in [9.17, 15) is 9.59 Å². The van der Waals surface area contributed by atoms with E-state index >= 15 is 0 Å². The van der Waals surface area contributed by atoms with Crippen LogP contribution in [0.1, 0.15) is 67.3 Å². The number of methoxy groups -OCH3 is 3. The topological polar surface area (TPSA) is 88.9 Å². The van der Waals surface area contributed by atoms with E-state index in [-0.39, 0.29) is 12.4 Å². The molecule has 8 nitrogen and oxygen atoms in total. The van der Waals surface area contributed by atoms with Crippen molar-refractivity contribution in [1.29, 1.82) is 0 Å². The summed E-state index contributed by atoms with van der Waals surface area (Å²) < 4.78 is 24.5. The van der Waals surface area contributed by atoms with Gasteiger partial charge in [-0.05, 0) is 99.2 Å². The standard InChI is InChI=1S/C39H38N2O6/c1-23-14-16-28(17-15-23)41-24(2)18-31(25(41)3)33(42)22-47-39(43)36-29-11-7-8-13-32(29)40-37-27(10-9-12-30(36)37)19-26-20-34(44-4)38(46-6)35(21-26)45-5/h7-8,11,13-21H,9-10,12,22H2,1-6H3/b27-19-. The highest BCUT2D eigenvalue weighted by molar-refractivity contribution is 6.08. The SMILES string of the molecule is COc1cc(/C=C2/CCCc3c2nc2ccccc2c3C(=O)OCC(=O)c2cc(C)n(-c3ccc(C)cc3)c2C)cc(OC)c1OC. The van der Waals surface area contributed by atoms with Crippen LogP contribution in [0.15, 0.2) is 66.7 Å². The Balaban J connectivity index is 1.33. The molecule has 1 aliphatic rings. The number of nitrogens with zero attached hydrogens (tertiary/aromatic N) is 2. The van der Waals surface area contributed by atoms with Crippen LogP contribution in [-0.4, -0.2) is 49.2 Å². The van der Waals surface area contributed by atoms with Gasteiger partial charge in [-0.2, -0.15) is 0 Å². The Morgan fingerprint density at radius 3 is 2.26 bits per heavy atom. The van der Waals surface area contributed by atoms with Gasteiger partial charge in [0, 0.05) is 28.0 Å². The van der Waals surface area contributed by atoms with E-state index < -0.39 is 5.97 Å². The van der Waals surface area contributed by atoms with Crippen LogP contribution in [0, 0.1) is 20.8 Å². The molecule has 8 heteroatoms. The molecule has 0 aliphatic heterocycles. The predicted molar refractivity (Wildman–Crippen MR) is 183 cm³/mol. The maximum atomic E-state index is 13.9. The number of hydrogen-bond acceptors (Lipinski definition) is 7. The van der Waals surface area contributed by atoms with Gasteiger partial charge in [0.05, 0.1) is 38.1 Å². The number of Topliss-reactive ketones (excluding diaryl/α,β-unsaturated/α-hetero) is 1. The molecule has 5 aromatic rings. The van der Waals surface area contributed by atoms with Crippen LogP contribution >= 0.6 is 0 Å². The molecule has 0 fully saturated rings. The third kappa shape index (κ3) is 5.99. The number of ether oxygens (including phenoxy) is 4. The second kappa shape index (κ2) is 13.2. The van der Waals surface area contributed by atoms with Crippen molar-refractivity contribution in [3.05, 3.63) is 112 Å². The predicted octanol–water partition coefficient (Wildman–Crippen LogP) is 7.89. The van der Waals surface area contributed by atoms with Crippen molar-refractivity contribution in [2.75, 3.05) is 27.9 Å². The average molecular weight is 631 g/mol. The number of fused-ring (bicyclic) bond motifs is 2. The fraction of sp³-hybridized carbons (Fsp3) is 0.256. The van der Waals surface area contributed by atoms with Crippen molar-refractivity contribution in [2.24, 2.45) is 0 Å². The van der Waals surface area contributed by atoms with E-state index in [0.29, 0.717) is 45.7 Å². The Morgan fingerprint density at radius 2 is 1.57 bits per heavy atom. The molecule has 0 bridgehead atoms. The molecule has 0 radical (unpaired) electrons. The first kappa shape index (κ1) is 31.6. The molecule has 0 spiro atoms. The van der Waals surface area contributed by atoms with Gasteiger partial charge in [-0.3, -0.25) is 4.79 Å². The Kier molecular flexibility index (Phi) is 8.85. The Hall–Kier alpha value is -5.37. The second-order valence-electron chi connectivity index (χ2n) is 11.8. The summed E-state index contributed by atoms with van der Waals surface area (Å²) in [5, 5.41) is 0.704. The number of benzene rings is 3. The van der Waals surface area contributed by atoms with E-state index in [1.165, 1.54) is 0 Å². The van der Waals surface area contributed by atoms with Gasteiger partial charge in [-0.15, -0.1) is 0 Å². The number of rotatable bonds is 9. The van der Waals surface area contributed by atoms with E-state index in [1.54, 1.807) is 21.3 Å². The van der Waals surface area contributed by atoms with E-state index in [4.69, 9.17) is 23.9 Å². The Morgan fingerprint density at radius 1 is 0.872 bits per heavy atom. The van der Waals surface area contributed by atoms with Crippen molar-refractivity contribution in [3.63, 3.8) is 0 Å². The van der Waals surface area contributed by atoms with Crippen LogP contribution in [0.3, 0.4) is 0 Å². The zero-order valence-electron chi connectivity index (χ0n) is 27.6. The van der Waals surface area contributed by atoms with E-state index in [0.717, 1.165) is 57.9 Å². The highest BCUT2D eigenvalue weighted by atomic mass is 16.5. The summed E-state index contributed by atoms with van der Waals surface area (Å²) in [5.41, 5.74) is 8.97. The van der Waals surface area contributed by atoms with Gasteiger partial charge in [0.15, 0.2) is 18.1 Å². The summed E-state index contributed by atoms with van der Waals surface area (Å²) in [6, 6.07) is 21.3. The number of aromatic nitrogens is 2. The Labute approximate surface area is 274 Å². The molecule has 3 aromatic carbocycles. The van der Waals surface area contributed by atoms with Crippen molar-refractivity contribution >= 4 is 34.3 Å². The quantitative estimate of drug-likeness (QED) is 0.121. The first-order valence-corrected chi connectivity index (χ1v) is 15.6. The van der Waals surface area contributed by atoms with Gasteiger partial charge < -0.3 is 23.5 Å². The molecule has 0 saturated heterocycles. The van der Waals surface area contributed by atoms with Gasteiger partial charge in [0.1, 0.15) is 0 Å². The molecular formula is C39H38N2O6. The van der Waals surface area contributed by atoms with Crippen molar-refractivity contribution in [3.8, 4) is 22.9 Å². The van der Waals surface area contributed by atoms with E-state index in [1.807, 2.05) is 98.1 Å². The molecule has 6 rings (SSSR count). The van der Waals surface area contributed by atoms with Crippen LogP contribution in [-0.2, 0) is 11.2 Å². The second-order valence-corrected chi connectivity index (χ2v) is 11.8. The van der Waals surface area contributed by atoms with Crippen LogP contribution < -0.4 is 14.2 Å². The molecule has 47 heavy (non-hydrogen) atoms. The van der Waals surface area contributed by atoms with Crippen LogP contribution in [0.5, 0.6) is 17.2 Å². The molecule has 0 atom stereocenters. The van der Waals surface area contributed by atoms with E-state index in [2.05, 4.69) is 0 Å². The minimum atomic E-state index is -0.533. The summed E-state index contributed by atoms with van der Waals surface area (Å²) in [6.45, 7) is 5.56. The van der Waals surface area contributed by atoms with Crippen LogP contribution in [0.2, 0.25) is 0 Å². The third-order valence-electron chi connectivity index (χ3n) is 8.76. The number of esters is 1. The molecule has 1 aliphatic carbocycles. The zero-order chi connectivity index (χ0) is 33.2. The lowest BCUT2D eigenvalue weighted by atomic mass is 9.86. The number of carbonyl (C=O) groups excluding carboxylic acids is 2. The maximum absolute atomic E-state index is 13.9. The molecule has 2 aromatic heterocycles. The monoisotopic (exact) mass is 630 g/mol. The van der Waals surface area contributed by atoms with Crippen molar-refractivity contribution in [2.45, 2.75) is 40.0 Å². The largest absolute Gasteiger partial charge is 0.493 e. The fourth-order valence-corrected chi connectivity index (χ4v) is 6.51. The van der Waals surface area contributed by atoms with Gasteiger partial charge in [-0.1, -0.05) is 35.9 Å². The third-order valence-corrected chi connectivity index (χ3v) is 8.76. The summed E-state index contributed by atoms with van der Waals surface area (Å²) >= 11 is 0. The normalized spacial score (nSPS) is 13.4. The minimum Gasteiger partial charge on any atom is -0.493 e. The van der Waals surface area contributed by atoms with Crippen LogP contribution in [0.25, 0.3) is 28.2 Å². The number of carbonyl (C=O) groups is 2. The number of pyridine rings is 1. The molecule has 240 valence electrons. The number of allylic oxidation sites excluding steroid dienone is 1. The summed E-state index contributed by atoms with van der Waals surface area (Å²) in [5.74, 6) is 0.834. The van der Waals surface area contributed by atoms with Crippen LogP contribution in [0.4, 0.5) is 0 Å². The first-order chi connectivity index (χ1) is 22.7. The molecule has 0 amide bonds. The summed E-state index contributed by atoms with van der Waals surface area (Å²) in [4.78, 5) is 32.4. The smallest absolute Gasteiger partial charge is 0.339 e. The number of ketones is 1. The number of para-hydroxylation sites is 1. The van der Waals surface area contributed by atoms with Crippen molar-refractivity contribution in [1.82, 2.24) is 9.55 Å². The Bertz CT molecular complexity index is 2010. The maximum Gasteiger partial charge on any atom is 0.339 e. The van der Waals surface area contributed by atoms with Gasteiger partial charge in [0.25, 0.3) is 0 Å². The minimum absolute atomic E-state index is 0.250. The number of aryl methyl sites for hydroxylation is 2. The van der Waals surface area contributed by atoms with Crippen molar-refractivity contribution < 1.29 is 28.5 Å². The molecular weight excluding hydrogens is 592 g/mol. The van der Waals surface area contributed by atoms with Gasteiger partial charge in [0.2, 0.25) is 11.5 Å². The fourth-order valence-electron chi connectivity index (χ4n) is 6.51. The van der Waals surface area contributed by atoms with Gasteiger partial charge >= 0.3 is 5.97 Å². The lowest BCUT2D eigenvalue weighted by Crippen LogP contribution is -2.19. The highest BCUT2D eigenvalue weighted by Gasteiger charge is 2.27. The van der Waals surface area contributed by atoms with Gasteiger partial charge in [-0.25, -0.2) is 9.78 Å². The lowest BCUT2D eigenvalue weighted by molar-refractivity contribution is 0.0475. The lowest BCUT2D eigenvalue weighted by Gasteiger charge is -2.22. The molecule has 0 unspecified atom stereocenters.